The fourth-order valence-electron chi connectivity index (χ4n) is 1.54. The Morgan fingerprint density at radius 1 is 1.26 bits per heavy atom. The maximum absolute atomic E-state index is 11.7. The molecule has 2 aromatic rings. The Hall–Kier alpha value is -2.08. The molecule has 6 heteroatoms. The predicted octanol–water partition coefficient (Wildman–Crippen LogP) is 2.77. The number of hydrogen-bond acceptors (Lipinski definition) is 5. The molecule has 100 valence electrons. The summed E-state index contributed by atoms with van der Waals surface area (Å²) in [5.74, 6) is 0.695. The molecule has 0 amide bonds. The van der Waals surface area contributed by atoms with Gasteiger partial charge in [0.2, 0.25) is 0 Å². The van der Waals surface area contributed by atoms with Crippen LogP contribution in [0.5, 0.6) is 0 Å². The van der Waals surface area contributed by atoms with Crippen molar-refractivity contribution in [1.29, 1.82) is 0 Å². The highest BCUT2D eigenvalue weighted by atomic mass is 32.2. The second kappa shape index (κ2) is 5.27. The summed E-state index contributed by atoms with van der Waals surface area (Å²) in [7, 11) is -2.19. The molecule has 0 saturated carbocycles. The number of nitrogen functional groups attached to an aromatic ring is 1. The van der Waals surface area contributed by atoms with Crippen LogP contribution in [0.3, 0.4) is 0 Å². The molecule has 19 heavy (non-hydrogen) atoms. The third-order valence-corrected chi connectivity index (χ3v) is 2.94. The topological polar surface area (TPSA) is 80.4 Å². The van der Waals surface area contributed by atoms with Crippen LogP contribution in [0, 0.1) is 0 Å². The quantitative estimate of drug-likeness (QED) is 0.845. The smallest absolute Gasteiger partial charge is 0.130 e. The first-order chi connectivity index (χ1) is 8.94. The van der Waals surface area contributed by atoms with Crippen molar-refractivity contribution < 1.29 is 4.21 Å². The molecule has 3 N–H and O–H groups in total. The number of nitrogens with one attached hydrogen (secondary N) is 1. The molecule has 0 radical (unpaired) electrons. The van der Waals surface area contributed by atoms with Crippen LogP contribution in [0.25, 0.3) is 0 Å². The molecule has 0 spiro atoms. The van der Waals surface area contributed by atoms with Crippen LogP contribution in [0.1, 0.15) is 0 Å². The van der Waals surface area contributed by atoms with Crippen LogP contribution in [-0.4, -0.2) is 21.7 Å². The number of benzene rings is 1. The Balaban J connectivity index is 2.36. The molecule has 1 heterocycles. The average molecular weight is 276 g/mol. The highest BCUT2D eigenvalue weighted by Crippen LogP contribution is 2.27. The number of hydrogen-bond donors (Lipinski definition) is 2. The molecular weight excluding hydrogens is 260 g/mol. The molecule has 1 aromatic carbocycles. The van der Waals surface area contributed by atoms with Crippen LogP contribution in [0.4, 0.5) is 22.9 Å². The van der Waals surface area contributed by atoms with Gasteiger partial charge in [0.25, 0.3) is 0 Å². The molecule has 1 aromatic heterocycles. The number of pyridine rings is 1. The fourth-order valence-corrected chi connectivity index (χ4v) is 2.16. The zero-order chi connectivity index (χ0) is 13.9. The monoisotopic (exact) mass is 276 g/mol. The van der Waals surface area contributed by atoms with Crippen LogP contribution in [-0.2, 0) is 9.73 Å². The van der Waals surface area contributed by atoms with E-state index in [1.807, 2.05) is 18.2 Å². The van der Waals surface area contributed by atoms with Crippen molar-refractivity contribution in [2.24, 2.45) is 4.36 Å². The molecule has 0 bridgehead atoms. The molecule has 0 aliphatic heterocycles. The largest absolute Gasteiger partial charge is 0.397 e. The Morgan fingerprint density at radius 2 is 2.05 bits per heavy atom. The minimum atomic E-state index is -2.19. The third kappa shape index (κ3) is 3.96. The summed E-state index contributed by atoms with van der Waals surface area (Å²) in [6.45, 7) is 0. The van der Waals surface area contributed by atoms with Gasteiger partial charge in [-0.1, -0.05) is 6.07 Å². The molecule has 0 aliphatic carbocycles. The van der Waals surface area contributed by atoms with E-state index in [0.29, 0.717) is 22.9 Å². The van der Waals surface area contributed by atoms with E-state index in [9.17, 15) is 4.21 Å². The summed E-state index contributed by atoms with van der Waals surface area (Å²) in [6, 6.07) is 10.8. The van der Waals surface area contributed by atoms with E-state index in [2.05, 4.69) is 14.7 Å². The van der Waals surface area contributed by atoms with Crippen molar-refractivity contribution in [3.05, 3.63) is 42.6 Å². The second-order valence-electron chi connectivity index (χ2n) is 4.38. The number of nitrogens with two attached hydrogens (primary N) is 1. The van der Waals surface area contributed by atoms with Crippen LogP contribution < -0.4 is 11.1 Å². The van der Waals surface area contributed by atoms with Crippen molar-refractivity contribution in [2.75, 3.05) is 23.6 Å². The molecule has 0 unspecified atom stereocenters. The maximum atomic E-state index is 11.7. The summed E-state index contributed by atoms with van der Waals surface area (Å²) in [5.41, 5.74) is 7.81. The Kier molecular flexibility index (Phi) is 3.71. The van der Waals surface area contributed by atoms with Gasteiger partial charge in [-0.3, -0.25) is 0 Å². The molecular formula is C13H16N4OS. The molecule has 5 nitrogen and oxygen atoms in total. The normalized spacial score (nSPS) is 11.1. The molecule has 2 rings (SSSR count). The standard InChI is InChI=1S/C13H16N4OS/c1-19(2,18)17-10-6-7-11(14)12(9-10)16-13-5-3-4-8-15-13/h3-9H,14H2,1-2H3,(H,15,16). The van der Waals surface area contributed by atoms with E-state index in [1.54, 1.807) is 36.9 Å². The highest BCUT2D eigenvalue weighted by molar-refractivity contribution is 7.92. The minimum absolute atomic E-state index is 0.586. The zero-order valence-corrected chi connectivity index (χ0v) is 11.6. The van der Waals surface area contributed by atoms with Gasteiger partial charge in [-0.2, -0.15) is 4.36 Å². The van der Waals surface area contributed by atoms with E-state index in [1.165, 1.54) is 0 Å². The van der Waals surface area contributed by atoms with Crippen molar-refractivity contribution in [2.45, 2.75) is 0 Å². The van der Waals surface area contributed by atoms with Crippen molar-refractivity contribution >= 4 is 32.6 Å². The van der Waals surface area contributed by atoms with Gasteiger partial charge in [0.15, 0.2) is 0 Å². The van der Waals surface area contributed by atoms with Gasteiger partial charge in [0.05, 0.1) is 17.1 Å². The lowest BCUT2D eigenvalue weighted by Crippen LogP contribution is -1.97. The van der Waals surface area contributed by atoms with Crippen LogP contribution >= 0.6 is 0 Å². The summed E-state index contributed by atoms with van der Waals surface area (Å²) >= 11 is 0. The number of rotatable bonds is 3. The van der Waals surface area contributed by atoms with Gasteiger partial charge in [-0.05, 0) is 30.3 Å². The summed E-state index contributed by atoms with van der Waals surface area (Å²) < 4.78 is 15.8. The third-order valence-electron chi connectivity index (χ3n) is 2.29. The first-order valence-corrected chi connectivity index (χ1v) is 8.02. The molecule has 0 aliphatic rings. The molecule has 0 fully saturated rings. The van der Waals surface area contributed by atoms with Gasteiger partial charge in [-0.15, -0.1) is 0 Å². The summed E-state index contributed by atoms with van der Waals surface area (Å²) in [5, 5.41) is 3.11. The predicted molar refractivity (Wildman–Crippen MR) is 80.5 cm³/mol. The first kappa shape index (κ1) is 13.4. The summed E-state index contributed by atoms with van der Waals surface area (Å²) in [4.78, 5) is 4.17. The van der Waals surface area contributed by atoms with Crippen molar-refractivity contribution in [3.8, 4) is 0 Å². The van der Waals surface area contributed by atoms with E-state index in [-0.39, 0.29) is 0 Å². The van der Waals surface area contributed by atoms with Gasteiger partial charge in [0, 0.05) is 28.4 Å². The first-order valence-electron chi connectivity index (χ1n) is 5.69. The van der Waals surface area contributed by atoms with Gasteiger partial charge in [0.1, 0.15) is 5.82 Å². The van der Waals surface area contributed by atoms with E-state index in [0.717, 1.165) is 0 Å². The SMILES string of the molecule is CS(C)(=O)=Nc1ccc(N)c(Nc2ccccn2)c1. The van der Waals surface area contributed by atoms with Crippen LogP contribution in [0.15, 0.2) is 47.0 Å². The number of aromatic nitrogens is 1. The van der Waals surface area contributed by atoms with E-state index in [4.69, 9.17) is 5.73 Å². The Morgan fingerprint density at radius 3 is 2.68 bits per heavy atom. The van der Waals surface area contributed by atoms with Crippen molar-refractivity contribution in [3.63, 3.8) is 0 Å². The van der Waals surface area contributed by atoms with Crippen molar-refractivity contribution in [1.82, 2.24) is 4.98 Å². The molecule has 0 atom stereocenters. The number of nitrogens with zero attached hydrogens (tertiary/aromatic N) is 2. The average Bonchev–Trinajstić information content (AvgIpc) is 2.33. The second-order valence-corrected chi connectivity index (χ2v) is 6.93. The lowest BCUT2D eigenvalue weighted by molar-refractivity contribution is 0.684. The molecule has 0 saturated heterocycles. The lowest BCUT2D eigenvalue weighted by Gasteiger charge is -2.09. The van der Waals surface area contributed by atoms with Gasteiger partial charge >= 0.3 is 0 Å². The van der Waals surface area contributed by atoms with E-state index < -0.39 is 9.73 Å². The summed E-state index contributed by atoms with van der Waals surface area (Å²) in [6.07, 6.45) is 4.88. The zero-order valence-electron chi connectivity index (χ0n) is 10.8. The van der Waals surface area contributed by atoms with Crippen LogP contribution in [0.2, 0.25) is 0 Å². The lowest BCUT2D eigenvalue weighted by atomic mass is 10.2. The fraction of sp³-hybridized carbons (Fsp3) is 0.154. The number of anilines is 3. The van der Waals surface area contributed by atoms with E-state index >= 15 is 0 Å². The Bertz CT molecular complexity index is 683. The Labute approximate surface area is 113 Å². The minimum Gasteiger partial charge on any atom is -0.397 e. The highest BCUT2D eigenvalue weighted by Gasteiger charge is 2.03. The van der Waals surface area contributed by atoms with Gasteiger partial charge < -0.3 is 11.1 Å². The maximum Gasteiger partial charge on any atom is 0.130 e. The van der Waals surface area contributed by atoms with Gasteiger partial charge in [-0.25, -0.2) is 9.19 Å².